The SMILES string of the molecule is O=C(Nc1cccc(Cl)c1)C1CCN(C(=O)CCc2ccccc2)CC1. The van der Waals surface area contributed by atoms with Gasteiger partial charge < -0.3 is 10.2 Å². The van der Waals surface area contributed by atoms with E-state index in [1.807, 2.05) is 47.4 Å². The highest BCUT2D eigenvalue weighted by Gasteiger charge is 2.27. The molecule has 0 radical (unpaired) electrons. The van der Waals surface area contributed by atoms with Crippen LogP contribution in [-0.4, -0.2) is 29.8 Å². The number of aryl methyl sites for hydroxylation is 1. The van der Waals surface area contributed by atoms with Crippen molar-refractivity contribution < 1.29 is 9.59 Å². The third-order valence-electron chi connectivity index (χ3n) is 4.78. The standard InChI is InChI=1S/C21H23ClN2O2/c22-18-7-4-8-19(15-18)23-21(26)17-11-13-24(14-12-17)20(25)10-9-16-5-2-1-3-6-16/h1-8,15,17H,9-14H2,(H,23,26). The fourth-order valence-electron chi connectivity index (χ4n) is 3.26. The molecule has 1 N–H and O–H groups in total. The first-order chi connectivity index (χ1) is 12.6. The molecule has 0 bridgehead atoms. The number of hydrogen-bond donors (Lipinski definition) is 1. The van der Waals surface area contributed by atoms with Crippen molar-refractivity contribution in [2.24, 2.45) is 5.92 Å². The lowest BCUT2D eigenvalue weighted by Crippen LogP contribution is -2.41. The van der Waals surface area contributed by atoms with Crippen molar-refractivity contribution in [1.29, 1.82) is 0 Å². The number of hydrogen-bond acceptors (Lipinski definition) is 2. The molecule has 1 heterocycles. The molecule has 1 aliphatic heterocycles. The molecule has 0 spiro atoms. The molecule has 1 aliphatic rings. The van der Waals surface area contributed by atoms with E-state index >= 15 is 0 Å². The van der Waals surface area contributed by atoms with E-state index < -0.39 is 0 Å². The zero-order chi connectivity index (χ0) is 18.4. The lowest BCUT2D eigenvalue weighted by atomic mass is 9.95. The molecule has 0 unspecified atom stereocenters. The van der Waals surface area contributed by atoms with Crippen LogP contribution in [0.15, 0.2) is 54.6 Å². The van der Waals surface area contributed by atoms with Crippen LogP contribution in [0.1, 0.15) is 24.8 Å². The van der Waals surface area contributed by atoms with Gasteiger partial charge >= 0.3 is 0 Å². The number of piperidine rings is 1. The van der Waals surface area contributed by atoms with Gasteiger partial charge in [0.2, 0.25) is 11.8 Å². The van der Waals surface area contributed by atoms with Gasteiger partial charge in [-0.05, 0) is 43.0 Å². The summed E-state index contributed by atoms with van der Waals surface area (Å²) in [4.78, 5) is 26.7. The van der Waals surface area contributed by atoms with Gasteiger partial charge in [-0.25, -0.2) is 0 Å². The van der Waals surface area contributed by atoms with Crippen LogP contribution < -0.4 is 5.32 Å². The van der Waals surface area contributed by atoms with Gasteiger partial charge in [-0.3, -0.25) is 9.59 Å². The maximum atomic E-state index is 12.4. The van der Waals surface area contributed by atoms with Gasteiger partial charge in [0.15, 0.2) is 0 Å². The summed E-state index contributed by atoms with van der Waals surface area (Å²) in [5, 5.41) is 3.52. The summed E-state index contributed by atoms with van der Waals surface area (Å²) < 4.78 is 0. The van der Waals surface area contributed by atoms with Crippen LogP contribution in [0.5, 0.6) is 0 Å². The number of amides is 2. The molecule has 3 rings (SSSR count). The first-order valence-corrected chi connectivity index (χ1v) is 9.38. The summed E-state index contributed by atoms with van der Waals surface area (Å²) >= 11 is 5.95. The first-order valence-electron chi connectivity index (χ1n) is 9.00. The molecule has 1 saturated heterocycles. The second-order valence-corrected chi connectivity index (χ2v) is 7.08. The minimum Gasteiger partial charge on any atom is -0.343 e. The van der Waals surface area contributed by atoms with Gasteiger partial charge in [0.05, 0.1) is 0 Å². The highest BCUT2D eigenvalue weighted by atomic mass is 35.5. The second kappa shape index (κ2) is 8.86. The van der Waals surface area contributed by atoms with Crippen LogP contribution in [-0.2, 0) is 16.0 Å². The molecule has 0 aromatic heterocycles. The Hall–Kier alpha value is -2.33. The molecular weight excluding hydrogens is 348 g/mol. The number of rotatable bonds is 5. The third kappa shape index (κ3) is 5.09. The van der Waals surface area contributed by atoms with Crippen LogP contribution in [0.4, 0.5) is 5.69 Å². The van der Waals surface area contributed by atoms with Gasteiger partial charge in [0.25, 0.3) is 0 Å². The number of nitrogens with zero attached hydrogens (tertiary/aromatic N) is 1. The normalized spacial score (nSPS) is 14.9. The molecule has 26 heavy (non-hydrogen) atoms. The number of anilines is 1. The Morgan fingerprint density at radius 3 is 2.46 bits per heavy atom. The Balaban J connectivity index is 1.44. The number of likely N-dealkylation sites (tertiary alicyclic amines) is 1. The van der Waals surface area contributed by atoms with Crippen molar-refractivity contribution in [3.05, 3.63) is 65.2 Å². The minimum absolute atomic E-state index is 0.00338. The zero-order valence-electron chi connectivity index (χ0n) is 14.7. The Morgan fingerprint density at radius 1 is 1.04 bits per heavy atom. The summed E-state index contributed by atoms with van der Waals surface area (Å²) in [5.74, 6) is 0.110. The monoisotopic (exact) mass is 370 g/mol. The van der Waals surface area contributed by atoms with Crippen molar-refractivity contribution in [3.8, 4) is 0 Å². The topological polar surface area (TPSA) is 49.4 Å². The molecule has 0 atom stereocenters. The highest BCUT2D eigenvalue weighted by molar-refractivity contribution is 6.30. The lowest BCUT2D eigenvalue weighted by Gasteiger charge is -2.31. The zero-order valence-corrected chi connectivity index (χ0v) is 15.4. The van der Waals surface area contributed by atoms with E-state index in [0.717, 1.165) is 6.42 Å². The van der Waals surface area contributed by atoms with Crippen LogP contribution in [0.25, 0.3) is 0 Å². The number of halogens is 1. The Kier molecular flexibility index (Phi) is 6.29. The molecule has 2 aromatic carbocycles. The van der Waals surface area contributed by atoms with Gasteiger partial charge in [0, 0.05) is 36.1 Å². The Labute approximate surface area is 159 Å². The largest absolute Gasteiger partial charge is 0.343 e. The summed E-state index contributed by atoms with van der Waals surface area (Å²) in [6, 6.07) is 17.2. The molecule has 0 saturated carbocycles. The molecule has 1 fully saturated rings. The second-order valence-electron chi connectivity index (χ2n) is 6.64. The van der Waals surface area contributed by atoms with E-state index in [2.05, 4.69) is 5.32 Å². The maximum absolute atomic E-state index is 12.4. The van der Waals surface area contributed by atoms with E-state index in [0.29, 0.717) is 43.1 Å². The number of nitrogens with one attached hydrogen (secondary N) is 1. The molecule has 2 aromatic rings. The van der Waals surface area contributed by atoms with Gasteiger partial charge in [-0.2, -0.15) is 0 Å². The summed E-state index contributed by atoms with van der Waals surface area (Å²) in [7, 11) is 0. The summed E-state index contributed by atoms with van der Waals surface area (Å²) in [6.07, 6.45) is 2.67. The van der Waals surface area contributed by atoms with Crippen molar-refractivity contribution >= 4 is 29.1 Å². The van der Waals surface area contributed by atoms with Crippen LogP contribution in [0, 0.1) is 5.92 Å². The fourth-order valence-corrected chi connectivity index (χ4v) is 3.45. The summed E-state index contributed by atoms with van der Waals surface area (Å²) in [5.41, 5.74) is 1.89. The molecule has 4 nitrogen and oxygen atoms in total. The quantitative estimate of drug-likeness (QED) is 0.859. The van der Waals surface area contributed by atoms with Crippen molar-refractivity contribution in [2.45, 2.75) is 25.7 Å². The molecule has 5 heteroatoms. The van der Waals surface area contributed by atoms with Gasteiger partial charge in [-0.1, -0.05) is 48.0 Å². The van der Waals surface area contributed by atoms with E-state index in [9.17, 15) is 9.59 Å². The molecular formula is C21H23ClN2O2. The average Bonchev–Trinajstić information content (AvgIpc) is 2.67. The van der Waals surface area contributed by atoms with Gasteiger partial charge in [-0.15, -0.1) is 0 Å². The molecule has 136 valence electrons. The third-order valence-corrected chi connectivity index (χ3v) is 5.02. The van der Waals surface area contributed by atoms with Crippen LogP contribution in [0.3, 0.4) is 0 Å². The van der Waals surface area contributed by atoms with E-state index in [4.69, 9.17) is 11.6 Å². The highest BCUT2D eigenvalue weighted by Crippen LogP contribution is 2.21. The number of carbonyl (C=O) groups is 2. The van der Waals surface area contributed by atoms with Crippen molar-refractivity contribution in [1.82, 2.24) is 4.90 Å². The molecule has 0 aliphatic carbocycles. The van der Waals surface area contributed by atoms with Gasteiger partial charge in [0.1, 0.15) is 0 Å². The smallest absolute Gasteiger partial charge is 0.227 e. The van der Waals surface area contributed by atoms with Crippen molar-refractivity contribution in [2.75, 3.05) is 18.4 Å². The predicted octanol–water partition coefficient (Wildman–Crippen LogP) is 4.15. The van der Waals surface area contributed by atoms with E-state index in [-0.39, 0.29) is 17.7 Å². The molecule has 2 amide bonds. The predicted molar refractivity (Wildman–Crippen MR) is 104 cm³/mol. The fraction of sp³-hybridized carbons (Fsp3) is 0.333. The Bertz CT molecular complexity index is 756. The summed E-state index contributed by atoms with van der Waals surface area (Å²) in [6.45, 7) is 1.28. The first kappa shape index (κ1) is 18.5. The number of carbonyl (C=O) groups excluding carboxylic acids is 2. The lowest BCUT2D eigenvalue weighted by molar-refractivity contribution is -0.134. The van der Waals surface area contributed by atoms with Crippen LogP contribution >= 0.6 is 11.6 Å². The number of benzene rings is 2. The average molecular weight is 371 g/mol. The van der Waals surface area contributed by atoms with E-state index in [1.165, 1.54) is 5.56 Å². The maximum Gasteiger partial charge on any atom is 0.227 e. The van der Waals surface area contributed by atoms with Crippen LogP contribution in [0.2, 0.25) is 5.02 Å². The van der Waals surface area contributed by atoms with Crippen molar-refractivity contribution in [3.63, 3.8) is 0 Å². The van der Waals surface area contributed by atoms with E-state index in [1.54, 1.807) is 12.1 Å². The Morgan fingerprint density at radius 2 is 1.77 bits per heavy atom. The minimum atomic E-state index is -0.0628.